The lowest BCUT2D eigenvalue weighted by Gasteiger charge is -2.01. The molecule has 0 N–H and O–H groups in total. The van der Waals surface area contributed by atoms with Crippen LogP contribution in [0.3, 0.4) is 0 Å². The minimum absolute atomic E-state index is 0.634. The van der Waals surface area contributed by atoms with Crippen LogP contribution in [-0.4, -0.2) is 0 Å². The summed E-state index contributed by atoms with van der Waals surface area (Å²) in [6, 6.07) is 0. The first-order valence-corrected chi connectivity index (χ1v) is 9.63. The average Bonchev–Trinajstić information content (AvgIpc) is 2.76. The van der Waals surface area contributed by atoms with Crippen molar-refractivity contribution in [3.05, 3.63) is 171 Å². The largest absolute Gasteiger partial charge is 0.0991 e. The zero-order chi connectivity index (χ0) is 23.8. The molecule has 0 nitrogen and oxygen atoms in total. The molecule has 0 saturated carbocycles. The molecule has 156 valence electrons. The summed E-state index contributed by atoms with van der Waals surface area (Å²) in [6.45, 7) is 37.2. The molecule has 0 rings (SSSR count). The van der Waals surface area contributed by atoms with Gasteiger partial charge in [-0.2, -0.15) is 0 Å². The van der Waals surface area contributed by atoms with Crippen molar-refractivity contribution in [1.29, 1.82) is 0 Å². The summed E-state index contributed by atoms with van der Waals surface area (Å²) in [5.41, 5.74) is 6.10. The van der Waals surface area contributed by atoms with Crippen molar-refractivity contribution in [1.82, 2.24) is 0 Å². The molecule has 0 aliphatic carbocycles. The van der Waals surface area contributed by atoms with Crippen LogP contribution >= 0.6 is 0 Å². The fraction of sp³-hybridized carbons (Fsp3) is 0.0323. The van der Waals surface area contributed by atoms with Gasteiger partial charge in [-0.3, -0.25) is 0 Å². The molecule has 0 fully saturated rings. The highest BCUT2D eigenvalue weighted by atomic mass is 14.0. The summed E-state index contributed by atoms with van der Waals surface area (Å²) in [5, 5.41) is 0. The van der Waals surface area contributed by atoms with Gasteiger partial charge in [-0.1, -0.05) is 126 Å². The minimum atomic E-state index is 0.634. The van der Waals surface area contributed by atoms with Crippen LogP contribution < -0.4 is 0 Å². The summed E-state index contributed by atoms with van der Waals surface area (Å²) < 4.78 is 0. The Morgan fingerprint density at radius 1 is 0.581 bits per heavy atom. The second-order valence-electron chi connectivity index (χ2n) is 6.49. The number of hydrogen-bond acceptors (Lipinski definition) is 0. The third-order valence-electron chi connectivity index (χ3n) is 3.91. The zero-order valence-corrected chi connectivity index (χ0v) is 18.7. The van der Waals surface area contributed by atoms with Gasteiger partial charge in [0.05, 0.1) is 0 Å². The fourth-order valence-electron chi connectivity index (χ4n) is 1.99. The van der Waals surface area contributed by atoms with Gasteiger partial charge in [0, 0.05) is 11.1 Å². The van der Waals surface area contributed by atoms with E-state index in [9.17, 15) is 0 Å². The first-order chi connectivity index (χ1) is 14.7. The molecule has 0 heterocycles. The lowest BCUT2D eigenvalue weighted by Crippen LogP contribution is -1.83. The average molecular weight is 405 g/mol. The minimum Gasteiger partial charge on any atom is -0.0991 e. The van der Waals surface area contributed by atoms with E-state index in [0.29, 0.717) is 11.1 Å². The Labute approximate surface area is 189 Å². The smallest absolute Gasteiger partial charge is 0.0183 e. The van der Waals surface area contributed by atoms with E-state index in [0.717, 1.165) is 33.4 Å². The number of allylic oxidation sites excluding steroid dienone is 19. The molecule has 0 aliphatic heterocycles. The predicted octanol–water partition coefficient (Wildman–Crippen LogP) is 8.43. The molecule has 0 unspecified atom stereocenters. The summed E-state index contributed by atoms with van der Waals surface area (Å²) >= 11 is 0. The highest BCUT2D eigenvalue weighted by molar-refractivity contribution is 5.54. The van der Waals surface area contributed by atoms with E-state index >= 15 is 0 Å². The molecule has 31 heavy (non-hydrogen) atoms. The Balaban J connectivity index is 5.06. The normalized spacial score (nSPS) is 11.3. The molecule has 0 atom stereocenters. The van der Waals surface area contributed by atoms with Gasteiger partial charge in [0.1, 0.15) is 0 Å². The molecule has 0 heteroatoms. The Kier molecular flexibility index (Phi) is 12.9. The highest BCUT2D eigenvalue weighted by Crippen LogP contribution is 2.15. The topological polar surface area (TPSA) is 0 Å². The van der Waals surface area contributed by atoms with Crippen molar-refractivity contribution >= 4 is 0 Å². The van der Waals surface area contributed by atoms with E-state index in [4.69, 9.17) is 0 Å². The summed E-state index contributed by atoms with van der Waals surface area (Å²) in [4.78, 5) is 0. The third-order valence-corrected chi connectivity index (χ3v) is 3.91. The maximum absolute atomic E-state index is 4.02. The Bertz CT molecular complexity index is 1020. The second kappa shape index (κ2) is 14.9. The van der Waals surface area contributed by atoms with E-state index in [-0.39, 0.29) is 0 Å². The molecule has 0 amide bonds. The molecule has 0 spiro atoms. The molecule has 0 aliphatic rings. The summed E-state index contributed by atoms with van der Waals surface area (Å²) in [6.07, 6.45) is 20.1. The van der Waals surface area contributed by atoms with Crippen LogP contribution in [0.25, 0.3) is 0 Å². The summed E-state index contributed by atoms with van der Waals surface area (Å²) in [5.74, 6) is 5.97. The van der Waals surface area contributed by atoms with E-state index in [1.807, 2.05) is 55.5 Å². The molecule has 0 aromatic carbocycles. The van der Waals surface area contributed by atoms with Gasteiger partial charge in [0.2, 0.25) is 0 Å². The van der Waals surface area contributed by atoms with Crippen LogP contribution in [0, 0.1) is 11.8 Å². The molecule has 0 saturated heterocycles. The molecular formula is C31H32. The molecular weight excluding hydrogens is 372 g/mol. The van der Waals surface area contributed by atoms with Crippen molar-refractivity contribution in [2.24, 2.45) is 0 Å². The van der Waals surface area contributed by atoms with Gasteiger partial charge >= 0.3 is 0 Å². The predicted molar refractivity (Wildman–Crippen MR) is 142 cm³/mol. The number of hydrogen-bond donors (Lipinski definition) is 0. The van der Waals surface area contributed by atoms with Gasteiger partial charge in [-0.05, 0) is 52.5 Å². The SMILES string of the molecule is C=C/C=C\C(=C)C(=C)/C=C\C(=C)C(=C)/C=C\C(=C)C#CC(=C)/C=C(/C=C\C)C(=C)C=C. The van der Waals surface area contributed by atoms with Crippen LogP contribution in [0.2, 0.25) is 0 Å². The third kappa shape index (κ3) is 11.5. The number of rotatable bonds is 12. The van der Waals surface area contributed by atoms with Gasteiger partial charge in [-0.15, -0.1) is 0 Å². The summed E-state index contributed by atoms with van der Waals surface area (Å²) in [7, 11) is 0. The quantitative estimate of drug-likeness (QED) is 0.226. The van der Waals surface area contributed by atoms with Gasteiger partial charge < -0.3 is 0 Å². The van der Waals surface area contributed by atoms with Crippen molar-refractivity contribution in [3.63, 3.8) is 0 Å². The van der Waals surface area contributed by atoms with Crippen molar-refractivity contribution in [2.75, 3.05) is 0 Å². The van der Waals surface area contributed by atoms with E-state index < -0.39 is 0 Å². The van der Waals surface area contributed by atoms with Crippen molar-refractivity contribution in [2.45, 2.75) is 6.92 Å². The van der Waals surface area contributed by atoms with Crippen LogP contribution in [0.15, 0.2) is 171 Å². The molecule has 0 radical (unpaired) electrons. The Morgan fingerprint density at radius 2 is 1.06 bits per heavy atom. The standard InChI is InChI=1S/C31H32/c1-11-14-16-27(7)29(9)21-22-30(10)28(8)20-19-24(4)17-18-25(5)23-31(15-12-2)26(6)13-3/h11-16,19-23H,1,3-10H2,2H3/b15-12-,16-14-,20-19-,22-21-,31-23-. The lowest BCUT2D eigenvalue weighted by atomic mass is 10.0. The maximum Gasteiger partial charge on any atom is 0.0183 e. The zero-order valence-electron chi connectivity index (χ0n) is 18.7. The van der Waals surface area contributed by atoms with Crippen molar-refractivity contribution < 1.29 is 0 Å². The fourth-order valence-corrected chi connectivity index (χ4v) is 1.99. The van der Waals surface area contributed by atoms with Crippen LogP contribution in [-0.2, 0) is 0 Å². The van der Waals surface area contributed by atoms with Crippen LogP contribution in [0.5, 0.6) is 0 Å². The van der Waals surface area contributed by atoms with E-state index in [1.54, 1.807) is 18.2 Å². The molecule has 0 bridgehead atoms. The lowest BCUT2D eigenvalue weighted by molar-refractivity contribution is 1.53. The Hall–Kier alpha value is -4.08. The van der Waals surface area contributed by atoms with Gasteiger partial charge in [0.15, 0.2) is 0 Å². The van der Waals surface area contributed by atoms with Crippen LogP contribution in [0.4, 0.5) is 0 Å². The Morgan fingerprint density at radius 3 is 1.55 bits per heavy atom. The monoisotopic (exact) mass is 404 g/mol. The van der Waals surface area contributed by atoms with E-state index in [2.05, 4.69) is 71.1 Å². The highest BCUT2D eigenvalue weighted by Gasteiger charge is 1.96. The van der Waals surface area contributed by atoms with Gasteiger partial charge in [0.25, 0.3) is 0 Å². The first-order valence-electron chi connectivity index (χ1n) is 9.63. The molecule has 0 aromatic heterocycles. The van der Waals surface area contributed by atoms with Crippen molar-refractivity contribution in [3.8, 4) is 11.8 Å². The van der Waals surface area contributed by atoms with Crippen LogP contribution in [0.1, 0.15) is 6.92 Å². The molecule has 0 aromatic rings. The van der Waals surface area contributed by atoms with E-state index in [1.165, 1.54) is 0 Å². The maximum atomic E-state index is 4.02. The first kappa shape index (κ1) is 26.9. The second-order valence-corrected chi connectivity index (χ2v) is 6.49. The van der Waals surface area contributed by atoms with Gasteiger partial charge in [-0.25, -0.2) is 0 Å².